The second-order valence-electron chi connectivity index (χ2n) is 4.47. The van der Waals surface area contributed by atoms with Gasteiger partial charge in [0.2, 0.25) is 10.0 Å². The van der Waals surface area contributed by atoms with Crippen LogP contribution in [-0.2, 0) is 14.8 Å². The summed E-state index contributed by atoms with van der Waals surface area (Å²) < 4.78 is 31.1. The van der Waals surface area contributed by atoms with E-state index in [-0.39, 0.29) is 16.9 Å². The molecule has 0 bridgehead atoms. The van der Waals surface area contributed by atoms with Gasteiger partial charge >= 0.3 is 0 Å². The minimum atomic E-state index is -3.44. The van der Waals surface area contributed by atoms with Crippen LogP contribution in [-0.4, -0.2) is 28.7 Å². The highest BCUT2D eigenvalue weighted by Gasteiger charge is 2.17. The molecule has 1 N–H and O–H groups in total. The Morgan fingerprint density at radius 3 is 2.71 bits per heavy atom. The fourth-order valence-corrected chi connectivity index (χ4v) is 2.36. The standard InChI is InChI=1S/C12H19NO3S/c1-12(2)7-4-5-11(6-8-12)17(14,15)13-9-10-16-3/h4-8,13H,9-10H2,1-3H3. The SMILES string of the molecule is COCCNS(=O)(=O)C1=CC=CC(C)(C)C=C1. The van der Waals surface area contributed by atoms with Gasteiger partial charge in [0.1, 0.15) is 0 Å². The molecule has 0 radical (unpaired) electrons. The van der Waals surface area contributed by atoms with Crippen LogP contribution >= 0.6 is 0 Å². The van der Waals surface area contributed by atoms with E-state index in [0.717, 1.165) is 0 Å². The first-order valence-corrected chi connectivity index (χ1v) is 6.93. The zero-order valence-electron chi connectivity index (χ0n) is 10.4. The Balaban J connectivity index is 2.80. The predicted octanol–water partition coefficient (Wildman–Crippen LogP) is 1.59. The first-order valence-electron chi connectivity index (χ1n) is 5.45. The van der Waals surface area contributed by atoms with Crippen molar-refractivity contribution >= 4 is 10.0 Å². The molecule has 1 rings (SSSR count). The summed E-state index contributed by atoms with van der Waals surface area (Å²) in [4.78, 5) is 0.274. The molecule has 0 amide bonds. The maximum Gasteiger partial charge on any atom is 0.240 e. The molecule has 1 aliphatic rings. The van der Waals surface area contributed by atoms with E-state index in [1.165, 1.54) is 7.11 Å². The van der Waals surface area contributed by atoms with Crippen molar-refractivity contribution in [1.82, 2.24) is 4.72 Å². The van der Waals surface area contributed by atoms with Gasteiger partial charge in [0.25, 0.3) is 0 Å². The van der Waals surface area contributed by atoms with E-state index in [1.54, 1.807) is 18.2 Å². The summed E-state index contributed by atoms with van der Waals surface area (Å²) in [5.74, 6) is 0. The zero-order valence-corrected chi connectivity index (χ0v) is 11.3. The summed E-state index contributed by atoms with van der Waals surface area (Å²) in [5, 5.41) is 0. The largest absolute Gasteiger partial charge is 0.383 e. The summed E-state index contributed by atoms with van der Waals surface area (Å²) in [5.41, 5.74) is -0.125. The Hall–Kier alpha value is -0.910. The quantitative estimate of drug-likeness (QED) is 0.761. The molecule has 0 atom stereocenters. The highest BCUT2D eigenvalue weighted by molar-refractivity contribution is 7.93. The molecule has 0 aliphatic heterocycles. The van der Waals surface area contributed by atoms with Crippen molar-refractivity contribution in [2.45, 2.75) is 13.8 Å². The number of methoxy groups -OCH3 is 1. The van der Waals surface area contributed by atoms with Gasteiger partial charge in [-0.1, -0.05) is 32.1 Å². The van der Waals surface area contributed by atoms with Crippen LogP contribution in [0.5, 0.6) is 0 Å². The van der Waals surface area contributed by atoms with Gasteiger partial charge < -0.3 is 4.74 Å². The maximum atomic E-state index is 11.9. The van der Waals surface area contributed by atoms with E-state index in [1.807, 2.05) is 26.0 Å². The van der Waals surface area contributed by atoms with Crippen molar-refractivity contribution < 1.29 is 13.2 Å². The Bertz CT molecular complexity index is 444. The zero-order chi connectivity index (χ0) is 12.9. The van der Waals surface area contributed by atoms with Crippen LogP contribution in [0.15, 0.2) is 35.3 Å². The summed E-state index contributed by atoms with van der Waals surface area (Å²) in [7, 11) is -1.90. The normalized spacial score (nSPS) is 18.9. The van der Waals surface area contributed by atoms with Crippen molar-refractivity contribution in [2.24, 2.45) is 5.41 Å². The van der Waals surface area contributed by atoms with Gasteiger partial charge in [0.05, 0.1) is 11.5 Å². The minimum Gasteiger partial charge on any atom is -0.383 e. The third kappa shape index (κ3) is 4.46. The predicted molar refractivity (Wildman–Crippen MR) is 68.9 cm³/mol. The molecule has 0 heterocycles. The van der Waals surface area contributed by atoms with Crippen LogP contribution in [0, 0.1) is 5.41 Å². The van der Waals surface area contributed by atoms with E-state index in [0.29, 0.717) is 6.61 Å². The number of hydrogen-bond donors (Lipinski definition) is 1. The number of rotatable bonds is 5. The molecule has 0 aromatic heterocycles. The lowest BCUT2D eigenvalue weighted by atomic mass is 9.93. The number of sulfonamides is 1. The van der Waals surface area contributed by atoms with E-state index < -0.39 is 10.0 Å². The number of nitrogens with one attached hydrogen (secondary N) is 1. The molecule has 96 valence electrons. The van der Waals surface area contributed by atoms with Crippen molar-refractivity contribution in [1.29, 1.82) is 0 Å². The maximum absolute atomic E-state index is 11.9. The van der Waals surface area contributed by atoms with E-state index in [9.17, 15) is 8.42 Å². The van der Waals surface area contributed by atoms with Gasteiger partial charge in [-0.15, -0.1) is 0 Å². The van der Waals surface area contributed by atoms with Crippen LogP contribution in [0.1, 0.15) is 13.8 Å². The Kier molecular flexibility index (Phi) is 4.68. The second kappa shape index (κ2) is 5.62. The van der Waals surface area contributed by atoms with E-state index in [2.05, 4.69) is 4.72 Å². The lowest BCUT2D eigenvalue weighted by Gasteiger charge is -2.12. The van der Waals surface area contributed by atoms with Gasteiger partial charge in [0, 0.05) is 19.1 Å². The molecule has 0 aromatic rings. The molecule has 0 unspecified atom stereocenters. The highest BCUT2D eigenvalue weighted by atomic mass is 32.2. The molecule has 1 aliphatic carbocycles. The van der Waals surface area contributed by atoms with Crippen LogP contribution in [0.25, 0.3) is 0 Å². The van der Waals surface area contributed by atoms with Crippen LogP contribution in [0.4, 0.5) is 0 Å². The second-order valence-corrected chi connectivity index (χ2v) is 6.24. The van der Waals surface area contributed by atoms with Crippen LogP contribution in [0.2, 0.25) is 0 Å². The third-order valence-corrected chi connectivity index (χ3v) is 3.85. The molecule has 5 heteroatoms. The fourth-order valence-electron chi connectivity index (χ4n) is 1.34. The molecule has 0 spiro atoms. The summed E-state index contributed by atoms with van der Waals surface area (Å²) in [6.07, 6.45) is 8.83. The molecule has 17 heavy (non-hydrogen) atoms. The van der Waals surface area contributed by atoms with Gasteiger partial charge in [0.15, 0.2) is 0 Å². The van der Waals surface area contributed by atoms with Gasteiger partial charge in [-0.05, 0) is 12.2 Å². The summed E-state index contributed by atoms with van der Waals surface area (Å²) in [6, 6.07) is 0. The number of hydrogen-bond acceptors (Lipinski definition) is 3. The van der Waals surface area contributed by atoms with Crippen molar-refractivity contribution in [2.75, 3.05) is 20.3 Å². The average molecular weight is 257 g/mol. The number of allylic oxidation sites excluding steroid dienone is 5. The van der Waals surface area contributed by atoms with Crippen molar-refractivity contribution in [3.8, 4) is 0 Å². The van der Waals surface area contributed by atoms with E-state index in [4.69, 9.17) is 4.74 Å². The first-order chi connectivity index (χ1) is 7.87. The Morgan fingerprint density at radius 1 is 1.35 bits per heavy atom. The minimum absolute atomic E-state index is 0.125. The average Bonchev–Trinajstić information content (AvgIpc) is 2.40. The number of ether oxygens (including phenoxy) is 1. The lowest BCUT2D eigenvalue weighted by Crippen LogP contribution is -2.27. The van der Waals surface area contributed by atoms with Crippen molar-refractivity contribution in [3.05, 3.63) is 35.3 Å². The van der Waals surface area contributed by atoms with Crippen LogP contribution in [0.3, 0.4) is 0 Å². The molecule has 0 saturated carbocycles. The lowest BCUT2D eigenvalue weighted by molar-refractivity contribution is 0.204. The third-order valence-electron chi connectivity index (χ3n) is 2.37. The highest BCUT2D eigenvalue weighted by Crippen LogP contribution is 2.23. The molecule has 0 fully saturated rings. The molecular formula is C12H19NO3S. The topological polar surface area (TPSA) is 55.4 Å². The van der Waals surface area contributed by atoms with Gasteiger partial charge in [-0.25, -0.2) is 13.1 Å². The molecule has 0 aromatic carbocycles. The monoisotopic (exact) mass is 257 g/mol. The fraction of sp³-hybridized carbons (Fsp3) is 0.500. The first kappa shape index (κ1) is 14.2. The summed E-state index contributed by atoms with van der Waals surface area (Å²) >= 11 is 0. The molecular weight excluding hydrogens is 238 g/mol. The van der Waals surface area contributed by atoms with E-state index >= 15 is 0 Å². The smallest absolute Gasteiger partial charge is 0.240 e. The van der Waals surface area contributed by atoms with Crippen LogP contribution < -0.4 is 4.72 Å². The van der Waals surface area contributed by atoms with Crippen molar-refractivity contribution in [3.63, 3.8) is 0 Å². The Morgan fingerprint density at radius 2 is 2.06 bits per heavy atom. The Labute approximate surface area is 103 Å². The van der Waals surface area contributed by atoms with Gasteiger partial charge in [-0.3, -0.25) is 0 Å². The summed E-state index contributed by atoms with van der Waals surface area (Å²) in [6.45, 7) is 4.66. The van der Waals surface area contributed by atoms with Gasteiger partial charge in [-0.2, -0.15) is 0 Å². The molecule has 4 nitrogen and oxygen atoms in total. The molecule has 0 saturated heterocycles.